The second-order valence-electron chi connectivity index (χ2n) is 3.29. The molecule has 0 radical (unpaired) electrons. The van der Waals surface area contributed by atoms with Gasteiger partial charge in [-0.2, -0.15) is 0 Å². The minimum atomic E-state index is -0.717. The molecule has 0 bridgehead atoms. The molecule has 0 aliphatic heterocycles. The summed E-state index contributed by atoms with van der Waals surface area (Å²) in [6.07, 6.45) is 2.90. The Kier molecular flexibility index (Phi) is 4.45. The van der Waals surface area contributed by atoms with Gasteiger partial charge in [0.1, 0.15) is 11.8 Å². The van der Waals surface area contributed by atoms with E-state index in [2.05, 4.69) is 15.0 Å². The molecule has 0 saturated heterocycles. The number of amides is 1. The standard InChI is InChI=1S/C11H14N2O4/c1-7(11(15)17-3)13-10(14)8-4-5-12-6-9(8)16-2/h4-7H,1-3H3,(H,13,14). The lowest BCUT2D eigenvalue weighted by molar-refractivity contribution is -0.142. The van der Waals surface area contributed by atoms with Gasteiger partial charge in [-0.25, -0.2) is 4.79 Å². The quantitative estimate of drug-likeness (QED) is 0.767. The van der Waals surface area contributed by atoms with Crippen molar-refractivity contribution in [1.82, 2.24) is 10.3 Å². The highest BCUT2D eigenvalue weighted by atomic mass is 16.5. The van der Waals surface area contributed by atoms with E-state index in [1.165, 1.54) is 39.6 Å². The van der Waals surface area contributed by atoms with Crippen molar-refractivity contribution in [3.8, 4) is 5.75 Å². The lowest BCUT2D eigenvalue weighted by Gasteiger charge is -2.12. The molecule has 0 aromatic carbocycles. The Morgan fingerprint density at radius 2 is 2.12 bits per heavy atom. The molecule has 1 unspecified atom stereocenters. The number of hydrogen-bond donors (Lipinski definition) is 1. The third-order valence-corrected chi connectivity index (χ3v) is 2.15. The monoisotopic (exact) mass is 238 g/mol. The number of methoxy groups -OCH3 is 2. The Bertz CT molecular complexity index is 420. The second kappa shape index (κ2) is 5.83. The molecule has 17 heavy (non-hydrogen) atoms. The van der Waals surface area contributed by atoms with E-state index in [4.69, 9.17) is 4.74 Å². The Hall–Kier alpha value is -2.11. The number of carbonyl (C=O) groups excluding carboxylic acids is 2. The highest BCUT2D eigenvalue weighted by Gasteiger charge is 2.19. The number of hydrogen-bond acceptors (Lipinski definition) is 5. The summed E-state index contributed by atoms with van der Waals surface area (Å²) in [6, 6.07) is 0.795. The van der Waals surface area contributed by atoms with Crippen molar-refractivity contribution < 1.29 is 19.1 Å². The van der Waals surface area contributed by atoms with Crippen LogP contribution in [-0.2, 0) is 9.53 Å². The van der Waals surface area contributed by atoms with E-state index < -0.39 is 17.9 Å². The predicted octanol–water partition coefficient (Wildman–Crippen LogP) is 0.381. The molecule has 1 N–H and O–H groups in total. The molecule has 1 rings (SSSR count). The van der Waals surface area contributed by atoms with Crippen molar-refractivity contribution >= 4 is 11.9 Å². The number of aromatic nitrogens is 1. The Morgan fingerprint density at radius 1 is 1.41 bits per heavy atom. The van der Waals surface area contributed by atoms with Gasteiger partial charge in [-0.05, 0) is 13.0 Å². The van der Waals surface area contributed by atoms with E-state index in [9.17, 15) is 9.59 Å². The fourth-order valence-electron chi connectivity index (χ4n) is 1.24. The molecular weight excluding hydrogens is 224 g/mol. The molecule has 0 aliphatic rings. The maximum absolute atomic E-state index is 11.8. The zero-order valence-electron chi connectivity index (χ0n) is 9.89. The first-order chi connectivity index (χ1) is 8.10. The van der Waals surface area contributed by atoms with Crippen molar-refractivity contribution in [2.75, 3.05) is 14.2 Å². The fraction of sp³-hybridized carbons (Fsp3) is 0.364. The van der Waals surface area contributed by atoms with Crippen LogP contribution >= 0.6 is 0 Å². The molecule has 1 amide bonds. The summed E-state index contributed by atoms with van der Waals surface area (Å²) < 4.78 is 9.50. The summed E-state index contributed by atoms with van der Waals surface area (Å²) in [5.74, 6) is -0.574. The van der Waals surface area contributed by atoms with Crippen LogP contribution in [-0.4, -0.2) is 37.1 Å². The first-order valence-corrected chi connectivity index (χ1v) is 4.96. The van der Waals surface area contributed by atoms with E-state index in [1.54, 1.807) is 0 Å². The number of carbonyl (C=O) groups is 2. The van der Waals surface area contributed by atoms with Gasteiger partial charge < -0.3 is 14.8 Å². The van der Waals surface area contributed by atoms with E-state index in [1.807, 2.05) is 0 Å². The summed E-state index contributed by atoms with van der Waals surface area (Å²) in [6.45, 7) is 1.54. The van der Waals surface area contributed by atoms with Crippen molar-refractivity contribution in [2.24, 2.45) is 0 Å². The molecule has 0 saturated carbocycles. The number of rotatable bonds is 4. The Balaban J connectivity index is 2.79. The van der Waals surface area contributed by atoms with Crippen LogP contribution < -0.4 is 10.1 Å². The smallest absolute Gasteiger partial charge is 0.328 e. The van der Waals surface area contributed by atoms with Crippen LogP contribution in [0.15, 0.2) is 18.5 Å². The van der Waals surface area contributed by atoms with E-state index in [0.717, 1.165) is 0 Å². The van der Waals surface area contributed by atoms with Gasteiger partial charge in [-0.3, -0.25) is 9.78 Å². The minimum Gasteiger partial charge on any atom is -0.494 e. The largest absolute Gasteiger partial charge is 0.494 e. The van der Waals surface area contributed by atoms with Crippen molar-refractivity contribution in [1.29, 1.82) is 0 Å². The molecule has 0 aliphatic carbocycles. The molecule has 6 heteroatoms. The third-order valence-electron chi connectivity index (χ3n) is 2.15. The molecule has 1 heterocycles. The Morgan fingerprint density at radius 3 is 2.71 bits per heavy atom. The molecular formula is C11H14N2O4. The van der Waals surface area contributed by atoms with Crippen LogP contribution in [0.2, 0.25) is 0 Å². The maximum atomic E-state index is 11.8. The summed E-state index contributed by atoms with van der Waals surface area (Å²) in [5.41, 5.74) is 0.318. The SMILES string of the molecule is COC(=O)C(C)NC(=O)c1ccncc1OC. The molecule has 6 nitrogen and oxygen atoms in total. The van der Waals surface area contributed by atoms with E-state index >= 15 is 0 Å². The van der Waals surface area contributed by atoms with Gasteiger partial charge in [-0.15, -0.1) is 0 Å². The lowest BCUT2D eigenvalue weighted by atomic mass is 10.2. The summed E-state index contributed by atoms with van der Waals surface area (Å²) in [5, 5.41) is 2.50. The van der Waals surface area contributed by atoms with Crippen LogP contribution in [0, 0.1) is 0 Å². The van der Waals surface area contributed by atoms with E-state index in [-0.39, 0.29) is 0 Å². The average molecular weight is 238 g/mol. The summed E-state index contributed by atoms with van der Waals surface area (Å²) in [7, 11) is 2.70. The van der Waals surface area contributed by atoms with Gasteiger partial charge in [0.05, 0.1) is 26.0 Å². The minimum absolute atomic E-state index is 0.318. The molecule has 1 aromatic heterocycles. The number of pyridine rings is 1. The zero-order chi connectivity index (χ0) is 12.8. The van der Waals surface area contributed by atoms with Crippen molar-refractivity contribution in [2.45, 2.75) is 13.0 Å². The predicted molar refractivity (Wildman–Crippen MR) is 59.7 cm³/mol. The summed E-state index contributed by atoms with van der Waals surface area (Å²) in [4.78, 5) is 26.8. The molecule has 0 fully saturated rings. The first-order valence-electron chi connectivity index (χ1n) is 4.96. The maximum Gasteiger partial charge on any atom is 0.328 e. The van der Waals surface area contributed by atoms with Gasteiger partial charge in [0.2, 0.25) is 0 Å². The molecule has 0 spiro atoms. The fourth-order valence-corrected chi connectivity index (χ4v) is 1.24. The summed E-state index contributed by atoms with van der Waals surface area (Å²) >= 11 is 0. The second-order valence-corrected chi connectivity index (χ2v) is 3.29. The first kappa shape index (κ1) is 13.0. The van der Waals surface area contributed by atoms with Crippen molar-refractivity contribution in [3.63, 3.8) is 0 Å². The third kappa shape index (κ3) is 3.17. The highest BCUT2D eigenvalue weighted by Crippen LogP contribution is 2.15. The van der Waals surface area contributed by atoms with Gasteiger partial charge in [0.25, 0.3) is 5.91 Å². The normalized spacial score (nSPS) is 11.5. The highest BCUT2D eigenvalue weighted by molar-refractivity contribution is 5.98. The van der Waals surface area contributed by atoms with Crippen LogP contribution in [0.25, 0.3) is 0 Å². The zero-order valence-corrected chi connectivity index (χ0v) is 9.89. The van der Waals surface area contributed by atoms with Gasteiger partial charge in [-0.1, -0.05) is 0 Å². The van der Waals surface area contributed by atoms with Crippen LogP contribution in [0.1, 0.15) is 17.3 Å². The molecule has 1 aromatic rings. The van der Waals surface area contributed by atoms with Gasteiger partial charge in [0, 0.05) is 6.20 Å². The van der Waals surface area contributed by atoms with E-state index in [0.29, 0.717) is 11.3 Å². The lowest BCUT2D eigenvalue weighted by Crippen LogP contribution is -2.39. The topological polar surface area (TPSA) is 77.5 Å². The Labute approximate surface area is 98.9 Å². The van der Waals surface area contributed by atoms with Gasteiger partial charge in [0.15, 0.2) is 0 Å². The number of esters is 1. The molecule has 1 atom stereocenters. The number of nitrogens with one attached hydrogen (secondary N) is 1. The number of nitrogens with zero attached hydrogens (tertiary/aromatic N) is 1. The van der Waals surface area contributed by atoms with Crippen LogP contribution in [0.3, 0.4) is 0 Å². The number of ether oxygens (including phenoxy) is 2. The van der Waals surface area contributed by atoms with Gasteiger partial charge >= 0.3 is 5.97 Å². The van der Waals surface area contributed by atoms with Crippen LogP contribution in [0.5, 0.6) is 5.75 Å². The van der Waals surface area contributed by atoms with Crippen molar-refractivity contribution in [3.05, 3.63) is 24.0 Å². The average Bonchev–Trinajstić information content (AvgIpc) is 2.37. The van der Waals surface area contributed by atoms with Crippen LogP contribution in [0.4, 0.5) is 0 Å². The molecule has 92 valence electrons.